The van der Waals surface area contributed by atoms with Gasteiger partial charge >= 0.3 is 0 Å². The van der Waals surface area contributed by atoms with Crippen molar-refractivity contribution in [3.05, 3.63) is 0 Å². The minimum Gasteiger partial charge on any atom is -0.381 e. The number of ether oxygens (including phenoxy) is 1. The minimum atomic E-state index is -2.48. The molecule has 0 amide bonds. The van der Waals surface area contributed by atoms with Crippen molar-refractivity contribution in [1.82, 2.24) is 0 Å². The molecule has 2 rings (SSSR count). The minimum absolute atomic E-state index is 0.0208. The number of alkyl halides is 2. The van der Waals surface area contributed by atoms with Crippen molar-refractivity contribution in [2.24, 2.45) is 23.5 Å². The molecule has 1 saturated heterocycles. The van der Waals surface area contributed by atoms with E-state index in [-0.39, 0.29) is 30.6 Å². The number of rotatable bonds is 1. The van der Waals surface area contributed by atoms with Crippen molar-refractivity contribution in [3.8, 4) is 0 Å². The van der Waals surface area contributed by atoms with Crippen LogP contribution in [0.2, 0.25) is 0 Å². The van der Waals surface area contributed by atoms with Crippen molar-refractivity contribution < 1.29 is 13.5 Å². The van der Waals surface area contributed by atoms with Gasteiger partial charge in [-0.2, -0.15) is 0 Å². The van der Waals surface area contributed by atoms with Gasteiger partial charge in [0.15, 0.2) is 0 Å². The lowest BCUT2D eigenvalue weighted by molar-refractivity contribution is -0.152. The Bertz CT molecular complexity index is 182. The van der Waals surface area contributed by atoms with Crippen LogP contribution in [0.5, 0.6) is 0 Å². The first-order chi connectivity index (χ1) is 6.12. The van der Waals surface area contributed by atoms with E-state index in [1.165, 1.54) is 0 Å². The van der Waals surface area contributed by atoms with Crippen LogP contribution in [-0.4, -0.2) is 25.7 Å². The summed E-state index contributed by atoms with van der Waals surface area (Å²) < 4.78 is 31.6. The van der Waals surface area contributed by atoms with E-state index in [1.807, 2.05) is 0 Å². The molecule has 0 aromatic carbocycles. The molecule has 2 nitrogen and oxygen atoms in total. The molecular formula is C9H15F2NO. The van der Waals surface area contributed by atoms with Gasteiger partial charge in [0, 0.05) is 26.1 Å². The van der Waals surface area contributed by atoms with Crippen LogP contribution in [0, 0.1) is 17.8 Å². The van der Waals surface area contributed by atoms with Crippen LogP contribution in [0.15, 0.2) is 0 Å². The summed E-state index contributed by atoms with van der Waals surface area (Å²) in [6.45, 7) is 1.46. The maximum Gasteiger partial charge on any atom is 0.248 e. The molecule has 0 spiro atoms. The lowest BCUT2D eigenvalue weighted by Gasteiger charge is -2.44. The first-order valence-electron chi connectivity index (χ1n) is 4.78. The van der Waals surface area contributed by atoms with E-state index in [1.54, 1.807) is 0 Å². The first kappa shape index (κ1) is 9.34. The van der Waals surface area contributed by atoms with Crippen molar-refractivity contribution in [2.45, 2.75) is 18.8 Å². The Kier molecular flexibility index (Phi) is 2.28. The molecule has 13 heavy (non-hydrogen) atoms. The average molecular weight is 191 g/mol. The van der Waals surface area contributed by atoms with Crippen LogP contribution in [0.4, 0.5) is 8.78 Å². The zero-order valence-corrected chi connectivity index (χ0v) is 7.51. The summed E-state index contributed by atoms with van der Waals surface area (Å²) in [6.07, 6.45) is -0.0727. The Hall–Kier alpha value is -0.220. The van der Waals surface area contributed by atoms with Crippen LogP contribution >= 0.6 is 0 Å². The average Bonchev–Trinajstić information content (AvgIpc) is 2.01. The van der Waals surface area contributed by atoms with Crippen LogP contribution in [0.1, 0.15) is 12.8 Å². The highest BCUT2D eigenvalue weighted by atomic mass is 19.3. The summed E-state index contributed by atoms with van der Waals surface area (Å²) >= 11 is 0. The van der Waals surface area contributed by atoms with Crippen LogP contribution < -0.4 is 5.73 Å². The van der Waals surface area contributed by atoms with Gasteiger partial charge in [-0.05, 0) is 24.3 Å². The molecule has 2 aliphatic rings. The van der Waals surface area contributed by atoms with Gasteiger partial charge in [0.05, 0.1) is 0 Å². The molecule has 1 aliphatic carbocycles. The number of nitrogens with two attached hydrogens (primary N) is 1. The molecule has 0 aromatic heterocycles. The number of hydrogen-bond donors (Lipinski definition) is 1. The molecule has 2 unspecified atom stereocenters. The van der Waals surface area contributed by atoms with Crippen molar-refractivity contribution in [2.75, 3.05) is 19.8 Å². The third-order valence-corrected chi connectivity index (χ3v) is 3.27. The lowest BCUT2D eigenvalue weighted by atomic mass is 9.69. The SMILES string of the molecule is NCC1C2COCC1CC(F)(F)C2. The molecule has 1 saturated carbocycles. The van der Waals surface area contributed by atoms with Crippen molar-refractivity contribution >= 4 is 0 Å². The first-order valence-corrected chi connectivity index (χ1v) is 4.78. The van der Waals surface area contributed by atoms with Crippen LogP contribution in [0.25, 0.3) is 0 Å². The topological polar surface area (TPSA) is 35.2 Å². The van der Waals surface area contributed by atoms with Gasteiger partial charge in [0.25, 0.3) is 0 Å². The molecule has 2 atom stereocenters. The molecule has 76 valence electrons. The summed E-state index contributed by atoms with van der Waals surface area (Å²) in [7, 11) is 0. The summed E-state index contributed by atoms with van der Waals surface area (Å²) in [5.74, 6) is -2.27. The maximum atomic E-state index is 13.1. The third-order valence-electron chi connectivity index (χ3n) is 3.27. The van der Waals surface area contributed by atoms with E-state index in [4.69, 9.17) is 10.5 Å². The zero-order valence-electron chi connectivity index (χ0n) is 7.51. The number of halogens is 2. The molecule has 1 heterocycles. The van der Waals surface area contributed by atoms with Gasteiger partial charge in [0.1, 0.15) is 0 Å². The van der Waals surface area contributed by atoms with Gasteiger partial charge in [-0.15, -0.1) is 0 Å². The van der Waals surface area contributed by atoms with Gasteiger partial charge < -0.3 is 10.5 Å². The molecule has 0 radical (unpaired) electrons. The highest BCUT2D eigenvalue weighted by Gasteiger charge is 2.48. The van der Waals surface area contributed by atoms with Gasteiger partial charge in [-0.1, -0.05) is 0 Å². The second kappa shape index (κ2) is 3.17. The van der Waals surface area contributed by atoms with E-state index in [0.717, 1.165) is 0 Å². The monoisotopic (exact) mass is 191 g/mol. The lowest BCUT2D eigenvalue weighted by Crippen LogP contribution is -2.49. The molecule has 0 aromatic rings. The fraction of sp³-hybridized carbons (Fsp3) is 1.00. The standard InChI is InChI=1S/C9H15F2NO/c10-9(11)1-6-4-13-5-7(2-9)8(6)3-12/h6-8H,1-5,12H2. The maximum absolute atomic E-state index is 13.1. The number of hydrogen-bond acceptors (Lipinski definition) is 2. The molecule has 2 N–H and O–H groups in total. The van der Waals surface area contributed by atoms with Crippen molar-refractivity contribution in [3.63, 3.8) is 0 Å². The molecular weight excluding hydrogens is 176 g/mol. The fourth-order valence-corrected chi connectivity index (χ4v) is 2.66. The quantitative estimate of drug-likeness (QED) is 0.677. The second-order valence-corrected chi connectivity index (χ2v) is 4.22. The smallest absolute Gasteiger partial charge is 0.248 e. The molecule has 2 bridgehead atoms. The third kappa shape index (κ3) is 1.70. The Labute approximate surface area is 76.4 Å². The Balaban J connectivity index is 2.12. The summed E-state index contributed by atoms with van der Waals surface area (Å²) in [4.78, 5) is 0. The highest BCUT2D eigenvalue weighted by Crippen LogP contribution is 2.45. The van der Waals surface area contributed by atoms with E-state index < -0.39 is 5.92 Å². The summed E-state index contributed by atoms with van der Waals surface area (Å²) in [5.41, 5.74) is 5.58. The van der Waals surface area contributed by atoms with E-state index >= 15 is 0 Å². The molecule has 1 aliphatic heterocycles. The predicted molar refractivity (Wildman–Crippen MR) is 44.5 cm³/mol. The molecule has 4 heteroatoms. The normalized spacial score (nSPS) is 43.2. The van der Waals surface area contributed by atoms with Crippen molar-refractivity contribution in [1.29, 1.82) is 0 Å². The predicted octanol–water partition coefficient (Wildman–Crippen LogP) is 1.25. The Morgan fingerprint density at radius 3 is 2.23 bits per heavy atom. The zero-order chi connectivity index (χ0) is 9.47. The fourth-order valence-electron chi connectivity index (χ4n) is 2.66. The second-order valence-electron chi connectivity index (χ2n) is 4.22. The van der Waals surface area contributed by atoms with E-state index in [2.05, 4.69) is 0 Å². The van der Waals surface area contributed by atoms with Gasteiger partial charge in [-0.3, -0.25) is 0 Å². The summed E-state index contributed by atoms with van der Waals surface area (Å²) in [5, 5.41) is 0. The van der Waals surface area contributed by atoms with Crippen LogP contribution in [0.3, 0.4) is 0 Å². The molecule has 2 fully saturated rings. The highest BCUT2D eigenvalue weighted by molar-refractivity contribution is 4.92. The Morgan fingerprint density at radius 1 is 1.23 bits per heavy atom. The number of fused-ring (bicyclic) bond motifs is 2. The van der Waals surface area contributed by atoms with Gasteiger partial charge in [-0.25, -0.2) is 8.78 Å². The Morgan fingerprint density at radius 2 is 1.77 bits per heavy atom. The van der Waals surface area contributed by atoms with E-state index in [0.29, 0.717) is 19.8 Å². The van der Waals surface area contributed by atoms with Crippen LogP contribution in [-0.2, 0) is 4.74 Å². The van der Waals surface area contributed by atoms with Gasteiger partial charge in [0.2, 0.25) is 5.92 Å². The largest absolute Gasteiger partial charge is 0.381 e. The summed E-state index contributed by atoms with van der Waals surface area (Å²) in [6, 6.07) is 0. The van der Waals surface area contributed by atoms with E-state index in [9.17, 15) is 8.78 Å².